The predicted octanol–water partition coefficient (Wildman–Crippen LogP) is 3.01. The lowest BCUT2D eigenvalue weighted by Crippen LogP contribution is -2.06. The van der Waals surface area contributed by atoms with Crippen LogP contribution in [0.3, 0.4) is 0 Å². The third-order valence-corrected chi connectivity index (χ3v) is 5.16. The van der Waals surface area contributed by atoms with E-state index in [-0.39, 0.29) is 4.88 Å². The monoisotopic (exact) mass is 329 g/mol. The smallest absolute Gasteiger partial charge is 0.347 e. The highest BCUT2D eigenvalue weighted by Gasteiger charge is 2.20. The molecule has 0 saturated carbocycles. The second-order valence-electron chi connectivity index (χ2n) is 5.58. The van der Waals surface area contributed by atoms with E-state index in [9.17, 15) is 4.79 Å². The van der Waals surface area contributed by atoms with Crippen LogP contribution in [0.25, 0.3) is 21.5 Å². The Hall–Kier alpha value is -2.38. The van der Waals surface area contributed by atoms with Crippen molar-refractivity contribution in [2.75, 3.05) is 18.9 Å². The molecule has 4 rings (SSSR count). The summed E-state index contributed by atoms with van der Waals surface area (Å²) in [5, 5.41) is 10.7. The van der Waals surface area contributed by atoms with Crippen molar-refractivity contribution in [3.05, 3.63) is 35.5 Å². The largest absolute Gasteiger partial charge is 0.477 e. The average Bonchev–Trinajstić information content (AvgIpc) is 3.27. The molecular weight excluding hydrogens is 314 g/mol. The van der Waals surface area contributed by atoms with Gasteiger partial charge in [-0.3, -0.25) is 0 Å². The quantitative estimate of drug-likeness (QED) is 0.771. The number of rotatable bonds is 3. The minimum atomic E-state index is -0.957. The third-order valence-electron chi connectivity index (χ3n) is 4.13. The van der Waals surface area contributed by atoms with Gasteiger partial charge in [-0.25, -0.2) is 9.78 Å². The number of aromatic carboxylic acids is 1. The maximum absolute atomic E-state index is 11.0. The molecule has 1 fully saturated rings. The Morgan fingerprint density at radius 3 is 3.04 bits per heavy atom. The molecule has 0 radical (unpaired) electrons. The molecule has 1 unspecified atom stereocenters. The molecule has 6 nitrogen and oxygen atoms in total. The van der Waals surface area contributed by atoms with E-state index in [4.69, 9.17) is 15.6 Å². The van der Waals surface area contributed by atoms with Gasteiger partial charge in [0.05, 0.1) is 30.0 Å². The summed E-state index contributed by atoms with van der Waals surface area (Å²) >= 11 is 1.16. The van der Waals surface area contributed by atoms with Gasteiger partial charge in [0, 0.05) is 23.8 Å². The van der Waals surface area contributed by atoms with Gasteiger partial charge < -0.3 is 20.1 Å². The average molecular weight is 329 g/mol. The first-order valence-corrected chi connectivity index (χ1v) is 8.12. The molecule has 7 heteroatoms. The van der Waals surface area contributed by atoms with Crippen molar-refractivity contribution in [3.63, 3.8) is 0 Å². The molecule has 1 saturated heterocycles. The highest BCUT2D eigenvalue weighted by atomic mass is 32.1. The summed E-state index contributed by atoms with van der Waals surface area (Å²) in [5.74, 6) is -0.957. The minimum Gasteiger partial charge on any atom is -0.477 e. The Balaban J connectivity index is 1.78. The highest BCUT2D eigenvalue weighted by Crippen LogP contribution is 2.34. The molecule has 1 aliphatic rings. The van der Waals surface area contributed by atoms with E-state index in [0.717, 1.165) is 40.8 Å². The zero-order valence-corrected chi connectivity index (χ0v) is 13.0. The fraction of sp³-hybridized carbons (Fsp3) is 0.250. The summed E-state index contributed by atoms with van der Waals surface area (Å²) in [5.41, 5.74) is 8.83. The molecule has 0 aliphatic carbocycles. The lowest BCUT2D eigenvalue weighted by Gasteiger charge is -2.11. The number of aromatic nitrogens is 2. The van der Waals surface area contributed by atoms with E-state index < -0.39 is 5.97 Å². The number of hydrogen-bond donors (Lipinski definition) is 2. The normalized spacial score (nSPS) is 17.8. The van der Waals surface area contributed by atoms with Crippen LogP contribution in [-0.4, -0.2) is 33.8 Å². The maximum Gasteiger partial charge on any atom is 0.347 e. The van der Waals surface area contributed by atoms with Gasteiger partial charge in [0.1, 0.15) is 9.88 Å². The van der Waals surface area contributed by atoms with Crippen LogP contribution in [-0.2, 0) is 4.74 Å². The van der Waals surface area contributed by atoms with Crippen molar-refractivity contribution in [1.29, 1.82) is 0 Å². The van der Waals surface area contributed by atoms with Gasteiger partial charge in [-0.05, 0) is 24.6 Å². The number of carboxylic acids is 1. The maximum atomic E-state index is 11.0. The number of fused-ring (bicyclic) bond motifs is 1. The van der Waals surface area contributed by atoms with E-state index in [1.54, 1.807) is 0 Å². The van der Waals surface area contributed by atoms with Crippen LogP contribution in [0.4, 0.5) is 5.69 Å². The molecule has 1 atom stereocenters. The number of ether oxygens (including phenoxy) is 1. The lowest BCUT2D eigenvalue weighted by atomic mass is 10.1. The molecule has 23 heavy (non-hydrogen) atoms. The summed E-state index contributed by atoms with van der Waals surface area (Å²) in [6.45, 7) is 1.48. The number of nitrogen functional groups attached to an aromatic ring is 1. The van der Waals surface area contributed by atoms with Gasteiger partial charge >= 0.3 is 5.97 Å². The molecule has 0 bridgehead atoms. The number of thiazole rings is 1. The summed E-state index contributed by atoms with van der Waals surface area (Å²) in [4.78, 5) is 15.4. The van der Waals surface area contributed by atoms with E-state index in [1.165, 1.54) is 6.20 Å². The van der Waals surface area contributed by atoms with Crippen LogP contribution < -0.4 is 5.73 Å². The summed E-state index contributed by atoms with van der Waals surface area (Å²) in [6, 6.07) is 6.26. The van der Waals surface area contributed by atoms with Crippen molar-refractivity contribution in [1.82, 2.24) is 9.55 Å². The molecular formula is C16H15N3O3S. The van der Waals surface area contributed by atoms with Gasteiger partial charge in [-0.1, -0.05) is 0 Å². The van der Waals surface area contributed by atoms with Gasteiger partial charge in [-0.2, -0.15) is 0 Å². The van der Waals surface area contributed by atoms with E-state index >= 15 is 0 Å². The molecule has 118 valence electrons. The molecule has 1 aromatic carbocycles. The number of anilines is 1. The predicted molar refractivity (Wildman–Crippen MR) is 88.9 cm³/mol. The number of carbonyl (C=O) groups is 1. The summed E-state index contributed by atoms with van der Waals surface area (Å²) < 4.78 is 7.63. The molecule has 3 heterocycles. The molecule has 3 N–H and O–H groups in total. The minimum absolute atomic E-state index is 0.230. The standard InChI is InChI=1S/C16H15N3O3S/c17-12-7-19(10-3-4-22-8-10)13-2-1-9(5-11(12)13)15-18-6-14(23-15)16(20)21/h1-2,5-7,10H,3-4,8,17H2,(H,20,21). The first kappa shape index (κ1) is 14.2. The topological polar surface area (TPSA) is 90.4 Å². The lowest BCUT2D eigenvalue weighted by molar-refractivity contribution is 0.0702. The van der Waals surface area contributed by atoms with Crippen LogP contribution in [0.2, 0.25) is 0 Å². The zero-order valence-electron chi connectivity index (χ0n) is 12.2. The van der Waals surface area contributed by atoms with Crippen molar-refractivity contribution in [2.24, 2.45) is 0 Å². The van der Waals surface area contributed by atoms with Crippen molar-refractivity contribution in [3.8, 4) is 10.6 Å². The Morgan fingerprint density at radius 2 is 2.35 bits per heavy atom. The summed E-state index contributed by atoms with van der Waals surface area (Å²) in [7, 11) is 0. The Labute approximate surface area is 136 Å². The fourth-order valence-electron chi connectivity index (χ4n) is 2.96. The van der Waals surface area contributed by atoms with Crippen LogP contribution in [0.1, 0.15) is 22.1 Å². The van der Waals surface area contributed by atoms with E-state index in [1.807, 2.05) is 24.4 Å². The van der Waals surface area contributed by atoms with Gasteiger partial charge in [0.25, 0.3) is 0 Å². The third kappa shape index (κ3) is 2.38. The number of nitrogens with zero attached hydrogens (tertiary/aromatic N) is 2. The molecule has 0 spiro atoms. The number of carboxylic acid groups (broad SMARTS) is 1. The molecule has 3 aromatic rings. The highest BCUT2D eigenvalue weighted by molar-refractivity contribution is 7.16. The Bertz CT molecular complexity index is 893. The number of hydrogen-bond acceptors (Lipinski definition) is 5. The van der Waals surface area contributed by atoms with Crippen molar-refractivity contribution < 1.29 is 14.6 Å². The van der Waals surface area contributed by atoms with Crippen LogP contribution in [0.15, 0.2) is 30.6 Å². The zero-order chi connectivity index (χ0) is 16.0. The van der Waals surface area contributed by atoms with Crippen molar-refractivity contribution >= 4 is 33.9 Å². The van der Waals surface area contributed by atoms with Gasteiger partial charge in [0.2, 0.25) is 0 Å². The fourth-order valence-corrected chi connectivity index (χ4v) is 3.72. The second kappa shape index (κ2) is 5.36. The number of benzene rings is 1. The van der Waals surface area contributed by atoms with Crippen LogP contribution in [0.5, 0.6) is 0 Å². The Kier molecular flexibility index (Phi) is 3.32. The van der Waals surface area contributed by atoms with E-state index in [0.29, 0.717) is 23.3 Å². The van der Waals surface area contributed by atoms with Crippen LogP contribution >= 0.6 is 11.3 Å². The van der Waals surface area contributed by atoms with Crippen molar-refractivity contribution in [2.45, 2.75) is 12.5 Å². The van der Waals surface area contributed by atoms with Gasteiger partial charge in [-0.15, -0.1) is 11.3 Å². The van der Waals surface area contributed by atoms with Crippen LogP contribution in [0, 0.1) is 0 Å². The number of nitrogens with two attached hydrogens (primary N) is 1. The first-order chi connectivity index (χ1) is 11.1. The molecule has 1 aliphatic heterocycles. The summed E-state index contributed by atoms with van der Waals surface area (Å²) in [6.07, 6.45) is 4.33. The molecule has 2 aromatic heterocycles. The molecule has 0 amide bonds. The first-order valence-electron chi connectivity index (χ1n) is 7.31. The van der Waals surface area contributed by atoms with E-state index in [2.05, 4.69) is 9.55 Å². The SMILES string of the molecule is Nc1cn(C2CCOC2)c2ccc(-c3ncc(C(=O)O)s3)cc12. The Morgan fingerprint density at radius 1 is 1.48 bits per heavy atom. The second-order valence-corrected chi connectivity index (χ2v) is 6.61. The van der Waals surface area contributed by atoms with Gasteiger partial charge in [0.15, 0.2) is 0 Å².